The Kier molecular flexibility index (Phi) is 8.93. The zero-order chi connectivity index (χ0) is 26.2. The first-order valence-electron chi connectivity index (χ1n) is 11.5. The summed E-state index contributed by atoms with van der Waals surface area (Å²) in [7, 11) is 0. The molecule has 2 aromatic carbocycles. The Morgan fingerprint density at radius 1 is 0.722 bits per heavy atom. The first-order chi connectivity index (χ1) is 17.2. The summed E-state index contributed by atoms with van der Waals surface area (Å²) in [5.41, 5.74) is 1.64. The smallest absolute Gasteiger partial charge is 0.276 e. The highest BCUT2D eigenvalue weighted by molar-refractivity contribution is 5.99. The number of hydrogen-bond donors (Lipinski definition) is 0. The molecule has 10 heteroatoms. The van der Waals surface area contributed by atoms with Gasteiger partial charge in [-0.15, -0.1) is 0 Å². The molecule has 0 unspecified atom stereocenters. The molecule has 2 aromatic rings. The molecule has 0 atom stereocenters. The molecule has 1 heterocycles. The van der Waals surface area contributed by atoms with Crippen molar-refractivity contribution >= 4 is 35.1 Å². The van der Waals surface area contributed by atoms with Gasteiger partial charge in [0, 0.05) is 62.5 Å². The van der Waals surface area contributed by atoms with Crippen molar-refractivity contribution in [3.8, 4) is 0 Å². The van der Waals surface area contributed by atoms with Crippen LogP contribution in [0.1, 0.15) is 25.0 Å². The number of rotatable bonds is 10. The van der Waals surface area contributed by atoms with Crippen LogP contribution in [0, 0.1) is 20.2 Å². The quantitative estimate of drug-likeness (QED) is 0.279. The third-order valence-electron chi connectivity index (χ3n) is 6.08. The summed E-state index contributed by atoms with van der Waals surface area (Å²) < 4.78 is 0. The lowest BCUT2D eigenvalue weighted by atomic mass is 10.0. The van der Waals surface area contributed by atoms with Crippen molar-refractivity contribution in [1.29, 1.82) is 0 Å². The second-order valence-electron chi connectivity index (χ2n) is 8.64. The molecule has 1 saturated heterocycles. The second-order valence-corrected chi connectivity index (χ2v) is 8.64. The van der Waals surface area contributed by atoms with E-state index in [0.29, 0.717) is 61.5 Å². The molecule has 0 bridgehead atoms. The van der Waals surface area contributed by atoms with E-state index in [1.165, 1.54) is 26.0 Å². The first kappa shape index (κ1) is 26.6. The average Bonchev–Trinajstić information content (AvgIpc) is 2.84. The highest BCUT2D eigenvalue weighted by Crippen LogP contribution is 2.23. The van der Waals surface area contributed by atoms with Gasteiger partial charge in [0.1, 0.15) is 0 Å². The van der Waals surface area contributed by atoms with Crippen LogP contribution in [0.4, 0.5) is 11.4 Å². The van der Waals surface area contributed by atoms with Gasteiger partial charge < -0.3 is 0 Å². The van der Waals surface area contributed by atoms with E-state index < -0.39 is 9.85 Å². The first-order valence-corrected chi connectivity index (χ1v) is 11.5. The SMILES string of the molecule is CC(=O)/C(=C\c1ccccc1[N+](=O)[O-])CN1CCN(C/C(=C/c2ccccc2[N+](=O)[O-])C(C)=O)CC1. The Morgan fingerprint density at radius 3 is 1.36 bits per heavy atom. The Labute approximate surface area is 208 Å². The Bertz CT molecular complexity index is 1130. The minimum Gasteiger partial charge on any atom is -0.296 e. The topological polar surface area (TPSA) is 127 Å². The summed E-state index contributed by atoms with van der Waals surface area (Å²) in [6, 6.07) is 12.6. The molecular formula is C26H28N4O6. The maximum atomic E-state index is 12.3. The number of nitro groups is 2. The average molecular weight is 493 g/mol. The number of nitro benzene ring substituents is 2. The predicted molar refractivity (Wildman–Crippen MR) is 136 cm³/mol. The largest absolute Gasteiger partial charge is 0.296 e. The van der Waals surface area contributed by atoms with Crippen LogP contribution in [-0.4, -0.2) is 70.5 Å². The van der Waals surface area contributed by atoms with Crippen molar-refractivity contribution in [2.24, 2.45) is 0 Å². The molecule has 0 amide bonds. The fourth-order valence-electron chi connectivity index (χ4n) is 4.03. The summed E-state index contributed by atoms with van der Waals surface area (Å²) in [6.07, 6.45) is 3.16. The number of carbonyl (C=O) groups excluding carboxylic acids is 2. The lowest BCUT2D eigenvalue weighted by molar-refractivity contribution is -0.385. The van der Waals surface area contributed by atoms with Crippen LogP contribution in [0.3, 0.4) is 0 Å². The third kappa shape index (κ3) is 7.00. The van der Waals surface area contributed by atoms with E-state index in [-0.39, 0.29) is 22.9 Å². The van der Waals surface area contributed by atoms with Crippen LogP contribution in [-0.2, 0) is 9.59 Å². The Morgan fingerprint density at radius 2 is 1.06 bits per heavy atom. The van der Waals surface area contributed by atoms with Crippen LogP contribution < -0.4 is 0 Å². The fraction of sp³-hybridized carbons (Fsp3) is 0.308. The molecule has 188 valence electrons. The summed E-state index contributed by atoms with van der Waals surface area (Å²) in [4.78, 5) is 50.4. The number of nitrogens with zero attached hydrogens (tertiary/aromatic N) is 4. The number of ketones is 2. The lowest BCUT2D eigenvalue weighted by Crippen LogP contribution is -2.47. The van der Waals surface area contributed by atoms with Gasteiger partial charge in [-0.05, 0) is 38.1 Å². The van der Waals surface area contributed by atoms with Crippen LogP contribution in [0.2, 0.25) is 0 Å². The molecule has 0 aromatic heterocycles. The van der Waals surface area contributed by atoms with Gasteiger partial charge in [0.05, 0.1) is 21.0 Å². The molecular weight excluding hydrogens is 464 g/mol. The van der Waals surface area contributed by atoms with E-state index in [2.05, 4.69) is 9.80 Å². The van der Waals surface area contributed by atoms with Crippen LogP contribution >= 0.6 is 0 Å². The van der Waals surface area contributed by atoms with Crippen molar-refractivity contribution in [3.05, 3.63) is 91.0 Å². The van der Waals surface area contributed by atoms with Gasteiger partial charge in [0.15, 0.2) is 11.6 Å². The van der Waals surface area contributed by atoms with Gasteiger partial charge in [0.2, 0.25) is 0 Å². The van der Waals surface area contributed by atoms with E-state index in [0.717, 1.165) is 0 Å². The molecule has 0 N–H and O–H groups in total. The standard InChI is InChI=1S/C26H28N4O6/c1-19(31)23(15-21-7-3-5-9-25(21)29(33)34)17-27-11-13-28(14-12-27)18-24(20(2)32)16-22-8-4-6-10-26(22)30(35)36/h3-10,15-16H,11-14,17-18H2,1-2H3/b23-15-,24-16-. The van der Waals surface area contributed by atoms with E-state index in [1.807, 2.05) is 0 Å². The highest BCUT2D eigenvalue weighted by atomic mass is 16.6. The predicted octanol–water partition coefficient (Wildman–Crippen LogP) is 3.77. The monoisotopic (exact) mass is 492 g/mol. The molecule has 36 heavy (non-hydrogen) atoms. The molecule has 1 aliphatic rings. The van der Waals surface area contributed by atoms with Crippen LogP contribution in [0.25, 0.3) is 12.2 Å². The van der Waals surface area contributed by atoms with E-state index in [1.54, 1.807) is 48.6 Å². The maximum absolute atomic E-state index is 12.3. The minimum absolute atomic E-state index is 0.0525. The van der Waals surface area contributed by atoms with Crippen molar-refractivity contribution < 1.29 is 19.4 Å². The summed E-state index contributed by atoms with van der Waals surface area (Å²) in [6.45, 7) is 6.17. The molecule has 0 aliphatic carbocycles. The van der Waals surface area contributed by atoms with E-state index in [4.69, 9.17) is 0 Å². The molecule has 0 spiro atoms. The minimum atomic E-state index is -0.466. The number of carbonyl (C=O) groups is 2. The number of Topliss-reactive ketones (excluding diaryl/α,β-unsaturated/α-hetero) is 2. The van der Waals surface area contributed by atoms with Crippen molar-refractivity contribution in [2.75, 3.05) is 39.3 Å². The molecule has 0 radical (unpaired) electrons. The fourth-order valence-corrected chi connectivity index (χ4v) is 4.03. The van der Waals surface area contributed by atoms with Gasteiger partial charge in [-0.2, -0.15) is 0 Å². The lowest BCUT2D eigenvalue weighted by Gasteiger charge is -2.35. The number of para-hydroxylation sites is 2. The summed E-state index contributed by atoms with van der Waals surface area (Å²) >= 11 is 0. The van der Waals surface area contributed by atoms with E-state index in [9.17, 15) is 29.8 Å². The summed E-state index contributed by atoms with van der Waals surface area (Å²) in [5, 5.41) is 22.6. The van der Waals surface area contributed by atoms with Gasteiger partial charge in [0.25, 0.3) is 11.4 Å². The zero-order valence-electron chi connectivity index (χ0n) is 20.3. The highest BCUT2D eigenvalue weighted by Gasteiger charge is 2.22. The number of benzene rings is 2. The van der Waals surface area contributed by atoms with Gasteiger partial charge in [-0.3, -0.25) is 39.6 Å². The van der Waals surface area contributed by atoms with Gasteiger partial charge >= 0.3 is 0 Å². The van der Waals surface area contributed by atoms with Crippen molar-refractivity contribution in [2.45, 2.75) is 13.8 Å². The van der Waals surface area contributed by atoms with Crippen molar-refractivity contribution in [3.63, 3.8) is 0 Å². The van der Waals surface area contributed by atoms with Gasteiger partial charge in [-0.25, -0.2) is 0 Å². The van der Waals surface area contributed by atoms with Gasteiger partial charge in [-0.1, -0.05) is 24.3 Å². The van der Waals surface area contributed by atoms with E-state index >= 15 is 0 Å². The number of piperazine rings is 1. The third-order valence-corrected chi connectivity index (χ3v) is 6.08. The van der Waals surface area contributed by atoms with Crippen LogP contribution in [0.15, 0.2) is 59.7 Å². The normalized spacial score (nSPS) is 15.5. The zero-order valence-corrected chi connectivity index (χ0v) is 20.3. The molecule has 3 rings (SSSR count). The molecule has 0 saturated carbocycles. The summed E-state index contributed by atoms with van der Waals surface area (Å²) in [5.74, 6) is -0.302. The maximum Gasteiger partial charge on any atom is 0.276 e. The molecule has 10 nitrogen and oxygen atoms in total. The molecule has 1 aliphatic heterocycles. The molecule has 1 fully saturated rings. The van der Waals surface area contributed by atoms with Crippen molar-refractivity contribution in [1.82, 2.24) is 9.80 Å². The second kappa shape index (κ2) is 12.1. The Balaban J connectivity index is 1.68. The number of hydrogen-bond acceptors (Lipinski definition) is 8. The Hall–Kier alpha value is -4.02. The van der Waals surface area contributed by atoms with Crippen LogP contribution in [0.5, 0.6) is 0 Å².